The minimum Gasteiger partial charge on any atom is -0.271 e. The second kappa shape index (κ2) is 5.50. The van der Waals surface area contributed by atoms with Gasteiger partial charge in [-0.3, -0.25) is 4.68 Å². The zero-order chi connectivity index (χ0) is 13.9. The molecule has 7 heteroatoms. The minimum atomic E-state index is -3.62. The van der Waals surface area contributed by atoms with Gasteiger partial charge in [-0.2, -0.15) is 5.10 Å². The van der Waals surface area contributed by atoms with Gasteiger partial charge in [-0.25, -0.2) is 17.5 Å². The van der Waals surface area contributed by atoms with Crippen LogP contribution in [0.2, 0.25) is 0 Å². The summed E-state index contributed by atoms with van der Waals surface area (Å²) in [6.07, 6.45) is 3.37. The number of aromatic nitrogens is 2. The Hall–Kier alpha value is -1.73. The van der Waals surface area contributed by atoms with Crippen molar-refractivity contribution in [1.82, 2.24) is 14.5 Å². The lowest BCUT2D eigenvalue weighted by atomic mass is 10.2. The standard InChI is InChI=1S/C12H14FN3O2S/c1-10-9-11(13)3-4-12(10)19(17,18)15-6-8-16-7-2-5-14-16/h2-5,7,9,15H,6,8H2,1H3. The van der Waals surface area contributed by atoms with Crippen LogP contribution in [0.5, 0.6) is 0 Å². The largest absolute Gasteiger partial charge is 0.271 e. The monoisotopic (exact) mass is 283 g/mol. The molecule has 102 valence electrons. The summed E-state index contributed by atoms with van der Waals surface area (Å²) in [4.78, 5) is 0.0920. The molecular weight excluding hydrogens is 269 g/mol. The van der Waals surface area contributed by atoms with E-state index in [-0.39, 0.29) is 11.4 Å². The Morgan fingerprint density at radius 2 is 2.21 bits per heavy atom. The second-order valence-electron chi connectivity index (χ2n) is 4.08. The topological polar surface area (TPSA) is 64.0 Å². The average Bonchev–Trinajstić information content (AvgIpc) is 2.81. The molecule has 1 heterocycles. The predicted molar refractivity (Wildman–Crippen MR) is 68.6 cm³/mol. The number of nitrogens with zero attached hydrogens (tertiary/aromatic N) is 2. The van der Waals surface area contributed by atoms with Crippen LogP contribution < -0.4 is 4.72 Å². The number of benzene rings is 1. The Balaban J connectivity index is 2.05. The summed E-state index contributed by atoms with van der Waals surface area (Å²) in [6, 6.07) is 5.36. The van der Waals surface area contributed by atoms with Gasteiger partial charge in [-0.05, 0) is 36.8 Å². The fraction of sp³-hybridized carbons (Fsp3) is 0.250. The third-order valence-corrected chi connectivity index (χ3v) is 4.24. The molecule has 0 bridgehead atoms. The van der Waals surface area contributed by atoms with Crippen LogP contribution in [0.3, 0.4) is 0 Å². The Bertz CT molecular complexity index is 654. The molecule has 0 fully saturated rings. The van der Waals surface area contributed by atoms with Crippen LogP contribution >= 0.6 is 0 Å². The Morgan fingerprint density at radius 3 is 2.84 bits per heavy atom. The van der Waals surface area contributed by atoms with E-state index in [1.165, 1.54) is 12.1 Å². The molecule has 19 heavy (non-hydrogen) atoms. The van der Waals surface area contributed by atoms with Gasteiger partial charge in [0.15, 0.2) is 0 Å². The number of hydrogen-bond acceptors (Lipinski definition) is 3. The molecule has 0 saturated carbocycles. The van der Waals surface area contributed by atoms with Crippen molar-refractivity contribution in [2.24, 2.45) is 0 Å². The number of hydrogen-bond donors (Lipinski definition) is 1. The van der Waals surface area contributed by atoms with Crippen molar-refractivity contribution in [1.29, 1.82) is 0 Å². The van der Waals surface area contributed by atoms with E-state index >= 15 is 0 Å². The zero-order valence-corrected chi connectivity index (χ0v) is 11.2. The molecule has 1 N–H and O–H groups in total. The van der Waals surface area contributed by atoms with Crippen molar-refractivity contribution >= 4 is 10.0 Å². The minimum absolute atomic E-state index is 0.0920. The second-order valence-corrected chi connectivity index (χ2v) is 5.81. The van der Waals surface area contributed by atoms with E-state index in [2.05, 4.69) is 9.82 Å². The van der Waals surface area contributed by atoms with E-state index in [0.717, 1.165) is 6.07 Å². The summed E-state index contributed by atoms with van der Waals surface area (Å²) >= 11 is 0. The lowest BCUT2D eigenvalue weighted by molar-refractivity contribution is 0.560. The van der Waals surface area contributed by atoms with Crippen molar-refractivity contribution in [3.05, 3.63) is 48.0 Å². The fourth-order valence-corrected chi connectivity index (χ4v) is 2.96. The third-order valence-electron chi connectivity index (χ3n) is 2.62. The highest BCUT2D eigenvalue weighted by atomic mass is 32.2. The van der Waals surface area contributed by atoms with Crippen LogP contribution in [0.4, 0.5) is 4.39 Å². The first-order valence-electron chi connectivity index (χ1n) is 5.72. The van der Waals surface area contributed by atoms with Gasteiger partial charge in [-0.1, -0.05) is 0 Å². The maximum atomic E-state index is 12.9. The molecule has 0 aliphatic heterocycles. The van der Waals surface area contributed by atoms with Crippen molar-refractivity contribution in [3.8, 4) is 0 Å². The molecular formula is C12H14FN3O2S. The van der Waals surface area contributed by atoms with Gasteiger partial charge in [0.1, 0.15) is 5.82 Å². The summed E-state index contributed by atoms with van der Waals surface area (Å²) in [5, 5.41) is 3.97. The maximum Gasteiger partial charge on any atom is 0.240 e. The Morgan fingerprint density at radius 1 is 1.42 bits per heavy atom. The maximum absolute atomic E-state index is 12.9. The van der Waals surface area contributed by atoms with E-state index in [0.29, 0.717) is 12.1 Å². The number of rotatable bonds is 5. The molecule has 1 aromatic carbocycles. The summed E-state index contributed by atoms with van der Waals surface area (Å²) in [5.41, 5.74) is 0.381. The van der Waals surface area contributed by atoms with E-state index < -0.39 is 15.8 Å². The Labute approximate surface area is 111 Å². The van der Waals surface area contributed by atoms with Gasteiger partial charge in [0.05, 0.1) is 11.4 Å². The van der Waals surface area contributed by atoms with E-state index in [4.69, 9.17) is 0 Å². The molecule has 2 aromatic rings. The van der Waals surface area contributed by atoms with Gasteiger partial charge in [0.2, 0.25) is 10.0 Å². The number of aryl methyl sites for hydroxylation is 1. The quantitative estimate of drug-likeness (QED) is 0.900. The molecule has 0 atom stereocenters. The van der Waals surface area contributed by atoms with Gasteiger partial charge in [0, 0.05) is 18.9 Å². The van der Waals surface area contributed by atoms with Crippen molar-refractivity contribution in [2.45, 2.75) is 18.4 Å². The summed E-state index contributed by atoms with van der Waals surface area (Å²) < 4.78 is 41.1. The van der Waals surface area contributed by atoms with E-state index in [1.54, 1.807) is 30.1 Å². The molecule has 0 saturated heterocycles. The third kappa shape index (κ3) is 3.39. The molecule has 0 aliphatic carbocycles. The summed E-state index contributed by atoms with van der Waals surface area (Å²) in [5.74, 6) is -0.451. The van der Waals surface area contributed by atoms with E-state index in [1.807, 2.05) is 0 Å². The zero-order valence-electron chi connectivity index (χ0n) is 10.4. The number of sulfonamides is 1. The van der Waals surface area contributed by atoms with Gasteiger partial charge >= 0.3 is 0 Å². The first-order valence-corrected chi connectivity index (χ1v) is 7.20. The van der Waals surface area contributed by atoms with Gasteiger partial charge < -0.3 is 0 Å². The molecule has 0 radical (unpaired) electrons. The normalized spacial score (nSPS) is 11.7. The molecule has 0 spiro atoms. The van der Waals surface area contributed by atoms with Gasteiger partial charge in [-0.15, -0.1) is 0 Å². The van der Waals surface area contributed by atoms with Crippen LogP contribution in [0, 0.1) is 12.7 Å². The first-order chi connectivity index (χ1) is 8.99. The summed E-state index contributed by atoms with van der Waals surface area (Å²) in [6.45, 7) is 2.22. The lowest BCUT2D eigenvalue weighted by Crippen LogP contribution is -2.28. The van der Waals surface area contributed by atoms with Crippen LogP contribution in [-0.4, -0.2) is 24.7 Å². The van der Waals surface area contributed by atoms with Crippen LogP contribution in [0.1, 0.15) is 5.56 Å². The van der Waals surface area contributed by atoms with Crippen molar-refractivity contribution in [3.63, 3.8) is 0 Å². The smallest absolute Gasteiger partial charge is 0.240 e. The molecule has 0 aliphatic rings. The number of nitrogens with one attached hydrogen (secondary N) is 1. The molecule has 2 rings (SSSR count). The lowest BCUT2D eigenvalue weighted by Gasteiger charge is -2.09. The first kappa shape index (κ1) is 13.7. The highest BCUT2D eigenvalue weighted by Crippen LogP contribution is 2.15. The number of halogens is 1. The predicted octanol–water partition coefficient (Wildman–Crippen LogP) is 1.31. The molecule has 5 nitrogen and oxygen atoms in total. The average molecular weight is 283 g/mol. The molecule has 1 aromatic heterocycles. The Kier molecular flexibility index (Phi) is 3.96. The van der Waals surface area contributed by atoms with Crippen LogP contribution in [0.25, 0.3) is 0 Å². The SMILES string of the molecule is Cc1cc(F)ccc1S(=O)(=O)NCCn1cccn1. The van der Waals surface area contributed by atoms with Crippen LogP contribution in [0.15, 0.2) is 41.6 Å². The van der Waals surface area contributed by atoms with E-state index in [9.17, 15) is 12.8 Å². The van der Waals surface area contributed by atoms with Crippen molar-refractivity contribution in [2.75, 3.05) is 6.54 Å². The highest BCUT2D eigenvalue weighted by Gasteiger charge is 2.16. The fourth-order valence-electron chi connectivity index (χ4n) is 1.72. The van der Waals surface area contributed by atoms with Crippen LogP contribution in [-0.2, 0) is 16.6 Å². The van der Waals surface area contributed by atoms with Gasteiger partial charge in [0.25, 0.3) is 0 Å². The molecule has 0 amide bonds. The molecule has 0 unspecified atom stereocenters. The highest BCUT2D eigenvalue weighted by molar-refractivity contribution is 7.89. The summed E-state index contributed by atoms with van der Waals surface area (Å²) in [7, 11) is -3.62. The van der Waals surface area contributed by atoms with Crippen molar-refractivity contribution < 1.29 is 12.8 Å².